The second kappa shape index (κ2) is 11.7. The van der Waals surface area contributed by atoms with Gasteiger partial charge in [0, 0.05) is 6.54 Å². The predicted molar refractivity (Wildman–Crippen MR) is 130 cm³/mol. The fourth-order valence-electron chi connectivity index (χ4n) is 2.94. The highest BCUT2D eigenvalue weighted by Gasteiger charge is 2.07. The average Bonchev–Trinajstić information content (AvgIpc) is 2.78. The maximum Gasteiger partial charge on any atom is 0.187 e. The third-order valence-electron chi connectivity index (χ3n) is 4.42. The first-order valence-electron chi connectivity index (χ1n) is 10.2. The van der Waals surface area contributed by atoms with Crippen LogP contribution < -0.4 is 20.2 Å². The number of nitrogens with one attached hydrogen (secondary N) is 2. The van der Waals surface area contributed by atoms with E-state index in [1.165, 1.54) is 5.56 Å². The summed E-state index contributed by atoms with van der Waals surface area (Å²) in [7, 11) is 0. The second-order valence-corrected chi connectivity index (χ2v) is 7.36. The summed E-state index contributed by atoms with van der Waals surface area (Å²) >= 11 is 5.27. The minimum atomic E-state index is 0.461. The molecule has 0 aliphatic heterocycles. The fourth-order valence-corrected chi connectivity index (χ4v) is 3.06. The number of ether oxygens (including phenoxy) is 2. The molecule has 0 aliphatic rings. The molecule has 6 heteroatoms. The Kier molecular flexibility index (Phi) is 8.43. The summed E-state index contributed by atoms with van der Waals surface area (Å²) in [5.41, 5.74) is 7.20. The van der Waals surface area contributed by atoms with Crippen molar-refractivity contribution in [1.29, 1.82) is 0 Å². The highest BCUT2D eigenvalue weighted by atomic mass is 32.1. The first-order chi connectivity index (χ1) is 15.1. The van der Waals surface area contributed by atoms with Crippen LogP contribution in [0.15, 0.2) is 77.9 Å². The van der Waals surface area contributed by atoms with Crippen molar-refractivity contribution in [3.8, 4) is 11.5 Å². The number of thiocarbonyl (C=S) groups is 1. The Balaban J connectivity index is 1.55. The summed E-state index contributed by atoms with van der Waals surface area (Å²) in [6.07, 6.45) is 1.70. The van der Waals surface area contributed by atoms with E-state index in [-0.39, 0.29) is 0 Å². The lowest BCUT2D eigenvalue weighted by atomic mass is 10.1. The van der Waals surface area contributed by atoms with E-state index in [2.05, 4.69) is 41.0 Å². The van der Waals surface area contributed by atoms with E-state index in [0.717, 1.165) is 16.7 Å². The zero-order valence-electron chi connectivity index (χ0n) is 17.8. The standard InChI is InChI=1S/C25H27N3O2S/c1-3-29-24-15-21(12-13-23(24)30-18-22-11-7-8-19(2)14-22)17-27-28-25(31)26-16-20-9-5-4-6-10-20/h4-15,17H,3,16,18H2,1-2H3,(H2,26,28,31)/b27-17+. The van der Waals surface area contributed by atoms with Crippen LogP contribution >= 0.6 is 12.2 Å². The molecule has 0 fully saturated rings. The zero-order chi connectivity index (χ0) is 21.9. The van der Waals surface area contributed by atoms with Crippen LogP contribution in [0.4, 0.5) is 0 Å². The Labute approximate surface area is 189 Å². The first-order valence-corrected chi connectivity index (χ1v) is 10.6. The maximum atomic E-state index is 5.99. The van der Waals surface area contributed by atoms with Gasteiger partial charge in [-0.05, 0) is 61.0 Å². The number of rotatable bonds is 9. The van der Waals surface area contributed by atoms with E-state index >= 15 is 0 Å². The number of hydrogen-bond acceptors (Lipinski definition) is 4. The molecule has 3 aromatic rings. The molecular formula is C25H27N3O2S. The van der Waals surface area contributed by atoms with Gasteiger partial charge >= 0.3 is 0 Å². The van der Waals surface area contributed by atoms with Crippen molar-refractivity contribution in [2.24, 2.45) is 5.10 Å². The third kappa shape index (κ3) is 7.42. The highest BCUT2D eigenvalue weighted by Crippen LogP contribution is 2.29. The molecule has 0 radical (unpaired) electrons. The molecule has 160 valence electrons. The van der Waals surface area contributed by atoms with Gasteiger partial charge in [-0.25, -0.2) is 0 Å². The van der Waals surface area contributed by atoms with Gasteiger partial charge in [0.25, 0.3) is 0 Å². The quantitative estimate of drug-likeness (QED) is 0.283. The average molecular weight is 434 g/mol. The molecule has 0 atom stereocenters. The van der Waals surface area contributed by atoms with Crippen molar-refractivity contribution in [2.45, 2.75) is 27.0 Å². The van der Waals surface area contributed by atoms with Crippen molar-refractivity contribution in [3.63, 3.8) is 0 Å². The van der Waals surface area contributed by atoms with E-state index < -0.39 is 0 Å². The van der Waals surface area contributed by atoms with Crippen molar-refractivity contribution >= 4 is 23.5 Å². The number of aryl methyl sites for hydroxylation is 1. The van der Waals surface area contributed by atoms with Gasteiger partial charge < -0.3 is 14.8 Å². The van der Waals surface area contributed by atoms with Crippen LogP contribution in [-0.4, -0.2) is 17.9 Å². The van der Waals surface area contributed by atoms with Crippen molar-refractivity contribution in [1.82, 2.24) is 10.7 Å². The van der Waals surface area contributed by atoms with Crippen LogP contribution in [-0.2, 0) is 13.2 Å². The van der Waals surface area contributed by atoms with Gasteiger partial charge in [0.2, 0.25) is 0 Å². The number of hydrazone groups is 1. The van der Waals surface area contributed by atoms with Gasteiger partial charge in [0.15, 0.2) is 16.6 Å². The summed E-state index contributed by atoms with van der Waals surface area (Å²) in [4.78, 5) is 0. The molecule has 0 unspecified atom stereocenters. The number of nitrogens with zero attached hydrogens (tertiary/aromatic N) is 1. The van der Waals surface area contributed by atoms with Gasteiger partial charge in [-0.3, -0.25) is 5.43 Å². The summed E-state index contributed by atoms with van der Waals surface area (Å²) in [6.45, 7) is 5.69. The molecule has 3 aromatic carbocycles. The van der Waals surface area contributed by atoms with Gasteiger partial charge in [-0.2, -0.15) is 5.10 Å². The molecule has 0 saturated carbocycles. The van der Waals surface area contributed by atoms with Crippen molar-refractivity contribution in [2.75, 3.05) is 6.61 Å². The summed E-state index contributed by atoms with van der Waals surface area (Å²) in [6, 6.07) is 24.0. The van der Waals surface area contributed by atoms with Crippen molar-refractivity contribution in [3.05, 3.63) is 95.1 Å². The zero-order valence-corrected chi connectivity index (χ0v) is 18.6. The Morgan fingerprint density at radius 3 is 2.52 bits per heavy atom. The van der Waals surface area contributed by atoms with E-state index in [1.807, 2.05) is 61.5 Å². The smallest absolute Gasteiger partial charge is 0.187 e. The van der Waals surface area contributed by atoms with E-state index in [1.54, 1.807) is 6.21 Å². The second-order valence-electron chi connectivity index (χ2n) is 6.96. The Morgan fingerprint density at radius 1 is 0.935 bits per heavy atom. The molecular weight excluding hydrogens is 406 g/mol. The molecule has 0 aromatic heterocycles. The van der Waals surface area contributed by atoms with E-state index in [0.29, 0.717) is 36.4 Å². The van der Waals surface area contributed by atoms with Gasteiger partial charge in [0.1, 0.15) is 6.61 Å². The van der Waals surface area contributed by atoms with E-state index in [4.69, 9.17) is 21.7 Å². The van der Waals surface area contributed by atoms with Gasteiger partial charge in [0.05, 0.1) is 12.8 Å². The number of hydrogen-bond donors (Lipinski definition) is 2. The Morgan fingerprint density at radius 2 is 1.74 bits per heavy atom. The van der Waals surface area contributed by atoms with Gasteiger partial charge in [-0.15, -0.1) is 0 Å². The molecule has 5 nitrogen and oxygen atoms in total. The Hall–Kier alpha value is -3.38. The molecule has 0 spiro atoms. The lowest BCUT2D eigenvalue weighted by molar-refractivity contribution is 0.269. The first kappa shape index (κ1) is 22.3. The van der Waals surface area contributed by atoms with Crippen LogP contribution in [0.25, 0.3) is 0 Å². The maximum absolute atomic E-state index is 5.99. The lowest BCUT2D eigenvalue weighted by Crippen LogP contribution is -2.31. The minimum absolute atomic E-state index is 0.461. The Bertz CT molecular complexity index is 1020. The summed E-state index contributed by atoms with van der Waals surface area (Å²) in [5, 5.41) is 7.80. The van der Waals surface area contributed by atoms with E-state index in [9.17, 15) is 0 Å². The van der Waals surface area contributed by atoms with Crippen LogP contribution in [0.2, 0.25) is 0 Å². The largest absolute Gasteiger partial charge is 0.490 e. The van der Waals surface area contributed by atoms with Crippen LogP contribution in [0.3, 0.4) is 0 Å². The molecule has 2 N–H and O–H groups in total. The normalized spacial score (nSPS) is 10.6. The molecule has 0 aliphatic carbocycles. The molecule has 0 bridgehead atoms. The summed E-state index contributed by atoms with van der Waals surface area (Å²) in [5.74, 6) is 1.39. The SMILES string of the molecule is CCOc1cc(/C=N/NC(=S)NCc2ccccc2)ccc1OCc1cccc(C)c1. The highest BCUT2D eigenvalue weighted by molar-refractivity contribution is 7.80. The molecule has 31 heavy (non-hydrogen) atoms. The van der Waals surface area contributed by atoms with Gasteiger partial charge in [-0.1, -0.05) is 60.2 Å². The molecule has 0 heterocycles. The van der Waals surface area contributed by atoms with Crippen molar-refractivity contribution < 1.29 is 9.47 Å². The number of benzene rings is 3. The molecule has 0 saturated heterocycles. The monoisotopic (exact) mass is 433 g/mol. The fraction of sp³-hybridized carbons (Fsp3) is 0.200. The molecule has 3 rings (SSSR count). The topological polar surface area (TPSA) is 54.9 Å². The van der Waals surface area contributed by atoms with Crippen LogP contribution in [0.1, 0.15) is 29.2 Å². The minimum Gasteiger partial charge on any atom is -0.490 e. The molecule has 0 amide bonds. The lowest BCUT2D eigenvalue weighted by Gasteiger charge is -2.13. The predicted octanol–water partition coefficient (Wildman–Crippen LogP) is 4.97. The van der Waals surface area contributed by atoms with Crippen LogP contribution in [0, 0.1) is 6.92 Å². The summed E-state index contributed by atoms with van der Waals surface area (Å²) < 4.78 is 11.7. The third-order valence-corrected chi connectivity index (χ3v) is 4.66. The van der Waals surface area contributed by atoms with Crippen LogP contribution in [0.5, 0.6) is 11.5 Å².